The Labute approximate surface area is 268 Å². The molecule has 45 heavy (non-hydrogen) atoms. The monoisotopic (exact) mass is 615 g/mol. The van der Waals surface area contributed by atoms with Gasteiger partial charge in [0.25, 0.3) is 0 Å². The van der Waals surface area contributed by atoms with Crippen molar-refractivity contribution in [2.75, 3.05) is 0 Å². The first-order valence-corrected chi connectivity index (χ1v) is 15.8. The molecule has 0 radical (unpaired) electrons. The summed E-state index contributed by atoms with van der Waals surface area (Å²) in [4.78, 5) is 40.0. The van der Waals surface area contributed by atoms with Gasteiger partial charge in [-0.1, -0.05) is 105 Å². The summed E-state index contributed by atoms with van der Waals surface area (Å²) in [5, 5.41) is 20.4. The number of aliphatic hydroxyl groups is 1. The van der Waals surface area contributed by atoms with Crippen LogP contribution in [0.2, 0.25) is 0 Å². The number of aliphatic hydroxyl groups excluding tert-OH is 1. The maximum atomic E-state index is 13.9. The van der Waals surface area contributed by atoms with Crippen molar-refractivity contribution in [3.63, 3.8) is 0 Å². The Hall–Kier alpha value is -4.17. The zero-order valence-electron chi connectivity index (χ0n) is 27.2. The van der Waals surface area contributed by atoms with Crippen LogP contribution in [0.1, 0.15) is 64.2 Å². The van der Waals surface area contributed by atoms with Gasteiger partial charge in [0.05, 0.1) is 12.1 Å². The lowest BCUT2D eigenvalue weighted by Gasteiger charge is -2.30. The molecule has 0 aliphatic heterocycles. The minimum atomic E-state index is -1.08. The molecule has 0 spiro atoms. The highest BCUT2D eigenvalue weighted by Gasteiger charge is 2.32. The third kappa shape index (κ3) is 13.2. The maximum Gasteiger partial charge on any atom is 0.407 e. The molecule has 0 aliphatic carbocycles. The lowest BCUT2D eigenvalue weighted by molar-refractivity contribution is -0.132. The van der Waals surface area contributed by atoms with Gasteiger partial charge < -0.3 is 25.8 Å². The summed E-state index contributed by atoms with van der Waals surface area (Å²) in [7, 11) is 0. The third-order valence-corrected chi connectivity index (χ3v) is 7.34. The molecule has 0 bridgehead atoms. The van der Waals surface area contributed by atoms with Crippen molar-refractivity contribution in [3.05, 3.63) is 108 Å². The molecule has 4 N–H and O–H groups in total. The third-order valence-electron chi connectivity index (χ3n) is 7.34. The summed E-state index contributed by atoms with van der Waals surface area (Å²) in [6, 6.07) is 27.3. The van der Waals surface area contributed by atoms with Gasteiger partial charge in [0, 0.05) is 12.5 Å². The quantitative estimate of drug-likeness (QED) is 0.178. The second kappa shape index (κ2) is 17.4. The first-order valence-electron chi connectivity index (χ1n) is 15.8. The highest BCUT2D eigenvalue weighted by molar-refractivity contribution is 5.88. The van der Waals surface area contributed by atoms with Crippen LogP contribution in [0, 0.1) is 11.8 Å². The lowest BCUT2D eigenvalue weighted by Crippen LogP contribution is -2.51. The molecule has 3 aromatic rings. The molecule has 3 rings (SSSR count). The van der Waals surface area contributed by atoms with Crippen LogP contribution in [0.15, 0.2) is 91.0 Å². The van der Waals surface area contributed by atoms with Crippen LogP contribution in [-0.4, -0.2) is 46.8 Å². The van der Waals surface area contributed by atoms with E-state index in [0.29, 0.717) is 25.8 Å². The zero-order valence-corrected chi connectivity index (χ0v) is 27.2. The molecule has 0 saturated heterocycles. The van der Waals surface area contributed by atoms with Crippen molar-refractivity contribution in [2.24, 2.45) is 11.8 Å². The number of benzene rings is 3. The van der Waals surface area contributed by atoms with E-state index < -0.39 is 35.8 Å². The van der Waals surface area contributed by atoms with E-state index in [2.05, 4.69) is 16.0 Å². The second-order valence-electron chi connectivity index (χ2n) is 13.0. The fraction of sp³-hybridized carbons (Fsp3) is 0.432. The number of rotatable bonds is 15. The average molecular weight is 616 g/mol. The van der Waals surface area contributed by atoms with Crippen molar-refractivity contribution >= 4 is 17.9 Å². The van der Waals surface area contributed by atoms with Crippen molar-refractivity contribution in [1.29, 1.82) is 0 Å². The minimum Gasteiger partial charge on any atom is -0.444 e. The molecule has 0 fully saturated rings. The van der Waals surface area contributed by atoms with Crippen LogP contribution in [0.3, 0.4) is 0 Å². The van der Waals surface area contributed by atoms with Crippen LogP contribution in [-0.2, 0) is 33.7 Å². The van der Waals surface area contributed by atoms with E-state index in [1.54, 1.807) is 20.8 Å². The van der Waals surface area contributed by atoms with Crippen LogP contribution >= 0.6 is 0 Å². The zero-order chi connectivity index (χ0) is 32.8. The number of hydrogen-bond acceptors (Lipinski definition) is 5. The van der Waals surface area contributed by atoms with Gasteiger partial charge >= 0.3 is 6.09 Å². The van der Waals surface area contributed by atoms with Gasteiger partial charge in [-0.2, -0.15) is 0 Å². The first kappa shape index (κ1) is 35.3. The molecule has 0 aliphatic rings. The Morgan fingerprint density at radius 2 is 1.22 bits per heavy atom. The maximum absolute atomic E-state index is 13.9. The van der Waals surface area contributed by atoms with Crippen LogP contribution in [0.4, 0.5) is 4.79 Å². The normalized spacial score (nSPS) is 14.1. The Balaban J connectivity index is 1.81. The summed E-state index contributed by atoms with van der Waals surface area (Å²) in [6.07, 6.45) is -0.489. The molecule has 3 aromatic carbocycles. The molecule has 242 valence electrons. The molecule has 8 heteroatoms. The highest BCUT2D eigenvalue weighted by atomic mass is 16.6. The van der Waals surface area contributed by atoms with E-state index in [4.69, 9.17) is 4.74 Å². The van der Waals surface area contributed by atoms with Gasteiger partial charge in [-0.3, -0.25) is 9.59 Å². The van der Waals surface area contributed by atoms with Crippen molar-refractivity contribution in [3.8, 4) is 0 Å². The van der Waals surface area contributed by atoms with Crippen molar-refractivity contribution < 1.29 is 24.2 Å². The Morgan fingerprint density at radius 1 is 0.711 bits per heavy atom. The summed E-state index contributed by atoms with van der Waals surface area (Å²) in [6.45, 7) is 9.70. The number of carbonyl (C=O) groups excluding carboxylic acids is 3. The number of ether oxygens (including phenoxy) is 1. The molecule has 0 aromatic heterocycles. The van der Waals surface area contributed by atoms with Gasteiger partial charge in [0.15, 0.2) is 0 Å². The second-order valence-corrected chi connectivity index (χ2v) is 13.0. The van der Waals surface area contributed by atoms with Gasteiger partial charge in [-0.05, 0) is 69.1 Å². The van der Waals surface area contributed by atoms with E-state index in [1.165, 1.54) is 0 Å². The molecule has 8 nitrogen and oxygen atoms in total. The summed E-state index contributed by atoms with van der Waals surface area (Å²) in [5.74, 6) is -1.09. The first-order chi connectivity index (χ1) is 21.4. The predicted molar refractivity (Wildman–Crippen MR) is 177 cm³/mol. The van der Waals surface area contributed by atoms with E-state index >= 15 is 0 Å². The van der Waals surface area contributed by atoms with Crippen molar-refractivity contribution in [1.82, 2.24) is 16.0 Å². The average Bonchev–Trinajstić information content (AvgIpc) is 2.99. The van der Waals surface area contributed by atoms with E-state index in [0.717, 1.165) is 16.7 Å². The van der Waals surface area contributed by atoms with Gasteiger partial charge in [-0.15, -0.1) is 0 Å². The highest BCUT2D eigenvalue weighted by Crippen LogP contribution is 2.20. The summed E-state index contributed by atoms with van der Waals surface area (Å²) < 4.78 is 5.49. The molecule has 0 unspecified atom stereocenters. The molecular formula is C37H49N3O5. The largest absolute Gasteiger partial charge is 0.444 e. The Bertz CT molecular complexity index is 1330. The standard InChI is InChI=1S/C37H49N3O5/c1-26(2)21-32(35(43)38-25-29-19-13-8-14-20-29)39-34(42)30(22-27-15-9-6-10-16-27)24-33(41)31(23-28-17-11-7-12-18-28)40-36(44)45-37(3,4)5/h6-20,26,30-33,41H,21-25H2,1-5H3,(H,38,43)(H,39,42)(H,40,44)/t30-,31-,32-,33-/m0/s1. The lowest BCUT2D eigenvalue weighted by atomic mass is 9.88. The fourth-order valence-corrected chi connectivity index (χ4v) is 5.15. The number of nitrogens with one attached hydrogen (secondary N) is 3. The van der Waals surface area contributed by atoms with E-state index in [9.17, 15) is 19.5 Å². The van der Waals surface area contributed by atoms with Gasteiger partial charge in [0.2, 0.25) is 11.8 Å². The molecule has 4 atom stereocenters. The number of carbonyl (C=O) groups is 3. The molecule has 0 heterocycles. The minimum absolute atomic E-state index is 0.0636. The van der Waals surface area contributed by atoms with Crippen LogP contribution in [0.5, 0.6) is 0 Å². The summed E-state index contributed by atoms with van der Waals surface area (Å²) >= 11 is 0. The number of alkyl carbamates (subject to hydrolysis) is 1. The van der Waals surface area contributed by atoms with Crippen LogP contribution in [0.25, 0.3) is 0 Å². The Kier molecular flexibility index (Phi) is 13.6. The fourth-order valence-electron chi connectivity index (χ4n) is 5.15. The smallest absolute Gasteiger partial charge is 0.407 e. The molecule has 3 amide bonds. The number of amides is 3. The molecule has 0 saturated carbocycles. The topological polar surface area (TPSA) is 117 Å². The SMILES string of the molecule is CC(C)C[C@H](NC(=O)[C@@H](Cc1ccccc1)C[C@H](O)[C@H](Cc1ccccc1)NC(=O)OC(C)(C)C)C(=O)NCc1ccccc1. The van der Waals surface area contributed by atoms with Gasteiger partial charge in [-0.25, -0.2) is 4.79 Å². The predicted octanol–water partition coefficient (Wildman–Crippen LogP) is 5.58. The van der Waals surface area contributed by atoms with Crippen LogP contribution < -0.4 is 16.0 Å². The van der Waals surface area contributed by atoms with E-state index in [-0.39, 0.29) is 24.2 Å². The number of hydrogen-bond donors (Lipinski definition) is 4. The van der Waals surface area contributed by atoms with Crippen molar-refractivity contribution in [2.45, 2.75) is 90.6 Å². The van der Waals surface area contributed by atoms with Gasteiger partial charge in [0.1, 0.15) is 11.6 Å². The summed E-state index contributed by atoms with van der Waals surface area (Å²) in [5.41, 5.74) is 2.11. The van der Waals surface area contributed by atoms with E-state index in [1.807, 2.05) is 105 Å². The molecular weight excluding hydrogens is 566 g/mol. The Morgan fingerprint density at radius 3 is 1.73 bits per heavy atom.